The van der Waals surface area contributed by atoms with Crippen molar-refractivity contribution in [1.82, 2.24) is 15.5 Å². The molecular formula is C19H25N3O3. The minimum absolute atomic E-state index is 0.00377. The zero-order valence-corrected chi connectivity index (χ0v) is 14.3. The number of piperazine rings is 1. The number of nitrogens with zero attached hydrogens (tertiary/aromatic N) is 1. The zero-order valence-electron chi connectivity index (χ0n) is 14.3. The SMILES string of the molecule is O=C1CN([C@@H]2CC[C@@H](NC(=O)c3ccc4c(c3)CCC4)[C@H]2O)CCN1. The molecular weight excluding hydrogens is 318 g/mol. The Bertz CT molecular complexity index is 690. The lowest BCUT2D eigenvalue weighted by Crippen LogP contribution is -2.55. The number of benzene rings is 1. The minimum Gasteiger partial charge on any atom is -0.389 e. The molecule has 4 rings (SSSR count). The van der Waals surface area contributed by atoms with Crippen molar-refractivity contribution in [2.24, 2.45) is 0 Å². The van der Waals surface area contributed by atoms with E-state index >= 15 is 0 Å². The van der Waals surface area contributed by atoms with Crippen LogP contribution < -0.4 is 10.6 Å². The lowest BCUT2D eigenvalue weighted by molar-refractivity contribution is -0.125. The van der Waals surface area contributed by atoms with Gasteiger partial charge >= 0.3 is 0 Å². The maximum atomic E-state index is 12.6. The van der Waals surface area contributed by atoms with Gasteiger partial charge in [0.1, 0.15) is 0 Å². The largest absolute Gasteiger partial charge is 0.389 e. The summed E-state index contributed by atoms with van der Waals surface area (Å²) < 4.78 is 0. The molecule has 6 nitrogen and oxygen atoms in total. The van der Waals surface area contributed by atoms with Crippen molar-refractivity contribution in [3.8, 4) is 0 Å². The molecule has 0 unspecified atom stereocenters. The molecule has 0 spiro atoms. The Labute approximate surface area is 147 Å². The third-order valence-electron chi connectivity index (χ3n) is 5.79. The number of hydrogen-bond donors (Lipinski definition) is 3. The summed E-state index contributed by atoms with van der Waals surface area (Å²) in [5, 5.41) is 16.5. The number of hydrogen-bond acceptors (Lipinski definition) is 4. The van der Waals surface area contributed by atoms with Crippen molar-refractivity contribution in [3.05, 3.63) is 34.9 Å². The van der Waals surface area contributed by atoms with Gasteiger partial charge in [-0.15, -0.1) is 0 Å². The summed E-state index contributed by atoms with van der Waals surface area (Å²) >= 11 is 0. The standard InChI is InChI=1S/C19H25N3O3/c23-17-11-22(9-8-20-17)16-7-6-15(18(16)24)21-19(25)14-5-4-12-2-1-3-13(12)10-14/h4-5,10,15-16,18,24H,1-3,6-9,11H2,(H,20,23)(H,21,25)/t15-,16-,18-/m1/s1. The van der Waals surface area contributed by atoms with Crippen molar-refractivity contribution in [2.75, 3.05) is 19.6 Å². The predicted molar refractivity (Wildman–Crippen MR) is 93.3 cm³/mol. The molecule has 1 heterocycles. The van der Waals surface area contributed by atoms with Crippen molar-refractivity contribution in [3.63, 3.8) is 0 Å². The third-order valence-corrected chi connectivity index (χ3v) is 5.79. The van der Waals surface area contributed by atoms with E-state index in [9.17, 15) is 14.7 Å². The highest BCUT2D eigenvalue weighted by atomic mass is 16.3. The Kier molecular flexibility index (Phi) is 4.48. The lowest BCUT2D eigenvalue weighted by Gasteiger charge is -2.34. The van der Waals surface area contributed by atoms with Crippen LogP contribution in [0.4, 0.5) is 0 Å². The number of aliphatic hydroxyl groups excluding tert-OH is 1. The highest BCUT2D eigenvalue weighted by Crippen LogP contribution is 2.26. The number of amides is 2. The van der Waals surface area contributed by atoms with Gasteiger partial charge < -0.3 is 15.7 Å². The fraction of sp³-hybridized carbons (Fsp3) is 0.579. The van der Waals surface area contributed by atoms with Crippen LogP contribution in [0.5, 0.6) is 0 Å². The van der Waals surface area contributed by atoms with E-state index < -0.39 is 6.10 Å². The molecule has 3 atom stereocenters. The van der Waals surface area contributed by atoms with Crippen molar-refractivity contribution >= 4 is 11.8 Å². The minimum atomic E-state index is -0.635. The maximum absolute atomic E-state index is 12.6. The summed E-state index contributed by atoms with van der Waals surface area (Å²) in [5.74, 6) is -0.111. The summed E-state index contributed by atoms with van der Waals surface area (Å²) in [4.78, 5) is 26.2. The van der Waals surface area contributed by atoms with Gasteiger partial charge in [0.15, 0.2) is 0 Å². The number of carbonyl (C=O) groups is 2. The van der Waals surface area contributed by atoms with Crippen LogP contribution in [-0.2, 0) is 17.6 Å². The monoisotopic (exact) mass is 343 g/mol. The van der Waals surface area contributed by atoms with Crippen LogP contribution in [0.15, 0.2) is 18.2 Å². The molecule has 25 heavy (non-hydrogen) atoms. The Hall–Kier alpha value is -1.92. The molecule has 2 amide bonds. The Balaban J connectivity index is 1.39. The van der Waals surface area contributed by atoms with E-state index in [0.717, 1.165) is 38.6 Å². The highest BCUT2D eigenvalue weighted by Gasteiger charge is 2.40. The molecule has 134 valence electrons. The highest BCUT2D eigenvalue weighted by molar-refractivity contribution is 5.94. The Morgan fingerprint density at radius 1 is 1.24 bits per heavy atom. The van der Waals surface area contributed by atoms with Gasteiger partial charge in [-0.3, -0.25) is 14.5 Å². The van der Waals surface area contributed by atoms with Gasteiger partial charge in [-0.25, -0.2) is 0 Å². The molecule has 0 radical (unpaired) electrons. The lowest BCUT2D eigenvalue weighted by atomic mass is 10.1. The summed E-state index contributed by atoms with van der Waals surface area (Å²) in [6.45, 7) is 1.69. The Morgan fingerprint density at radius 2 is 2.08 bits per heavy atom. The molecule has 1 aromatic rings. The summed E-state index contributed by atoms with van der Waals surface area (Å²) in [5.41, 5.74) is 3.30. The van der Waals surface area contributed by atoms with Gasteiger partial charge in [-0.1, -0.05) is 6.07 Å². The molecule has 3 N–H and O–H groups in total. The molecule has 3 aliphatic rings. The van der Waals surface area contributed by atoms with E-state index in [1.807, 2.05) is 17.0 Å². The first kappa shape index (κ1) is 16.5. The van der Waals surface area contributed by atoms with E-state index in [2.05, 4.69) is 16.7 Å². The zero-order chi connectivity index (χ0) is 17.4. The molecule has 1 aliphatic heterocycles. The first-order chi connectivity index (χ1) is 12.1. The molecule has 2 aliphatic carbocycles. The predicted octanol–water partition coefficient (Wildman–Crippen LogP) is 0.229. The van der Waals surface area contributed by atoms with Crippen LogP contribution in [-0.4, -0.2) is 59.6 Å². The van der Waals surface area contributed by atoms with Gasteiger partial charge in [0, 0.05) is 24.7 Å². The van der Waals surface area contributed by atoms with Crippen molar-refractivity contribution < 1.29 is 14.7 Å². The van der Waals surface area contributed by atoms with Crippen LogP contribution in [0.25, 0.3) is 0 Å². The molecule has 1 saturated heterocycles. The fourth-order valence-electron chi connectivity index (χ4n) is 4.42. The topological polar surface area (TPSA) is 81.7 Å². The number of aryl methyl sites for hydroxylation is 2. The third kappa shape index (κ3) is 3.28. The van der Waals surface area contributed by atoms with Gasteiger partial charge in [0.05, 0.1) is 18.7 Å². The molecule has 6 heteroatoms. The molecule has 1 saturated carbocycles. The van der Waals surface area contributed by atoms with E-state index in [-0.39, 0.29) is 23.9 Å². The van der Waals surface area contributed by atoms with E-state index in [0.29, 0.717) is 18.7 Å². The van der Waals surface area contributed by atoms with Crippen LogP contribution in [0.3, 0.4) is 0 Å². The average molecular weight is 343 g/mol. The number of carbonyl (C=O) groups excluding carboxylic acids is 2. The number of nitrogens with one attached hydrogen (secondary N) is 2. The normalized spacial score (nSPS) is 29.3. The van der Waals surface area contributed by atoms with Gasteiger partial charge in [-0.2, -0.15) is 0 Å². The molecule has 1 aromatic carbocycles. The second kappa shape index (κ2) is 6.77. The van der Waals surface area contributed by atoms with E-state index in [1.165, 1.54) is 11.1 Å². The van der Waals surface area contributed by atoms with Gasteiger partial charge in [0.25, 0.3) is 5.91 Å². The quantitative estimate of drug-likeness (QED) is 0.734. The van der Waals surface area contributed by atoms with Crippen LogP contribution in [0, 0.1) is 0 Å². The summed E-state index contributed by atoms with van der Waals surface area (Å²) in [6, 6.07) is 5.61. The molecule has 0 bridgehead atoms. The second-order valence-electron chi connectivity index (χ2n) is 7.37. The maximum Gasteiger partial charge on any atom is 0.251 e. The van der Waals surface area contributed by atoms with Gasteiger partial charge in [0.2, 0.25) is 5.91 Å². The van der Waals surface area contributed by atoms with Crippen LogP contribution >= 0.6 is 0 Å². The molecule has 0 aromatic heterocycles. The summed E-state index contributed by atoms with van der Waals surface area (Å²) in [7, 11) is 0. The number of fused-ring (bicyclic) bond motifs is 1. The fourth-order valence-corrected chi connectivity index (χ4v) is 4.42. The second-order valence-corrected chi connectivity index (χ2v) is 7.37. The first-order valence-electron chi connectivity index (χ1n) is 9.23. The van der Waals surface area contributed by atoms with Crippen LogP contribution in [0.2, 0.25) is 0 Å². The smallest absolute Gasteiger partial charge is 0.251 e. The van der Waals surface area contributed by atoms with E-state index in [4.69, 9.17) is 0 Å². The van der Waals surface area contributed by atoms with E-state index in [1.54, 1.807) is 0 Å². The molecule has 2 fully saturated rings. The summed E-state index contributed by atoms with van der Waals surface area (Å²) in [6.07, 6.45) is 4.20. The van der Waals surface area contributed by atoms with Crippen molar-refractivity contribution in [1.29, 1.82) is 0 Å². The number of rotatable bonds is 3. The first-order valence-corrected chi connectivity index (χ1v) is 9.23. The average Bonchev–Trinajstić information content (AvgIpc) is 3.21. The van der Waals surface area contributed by atoms with Crippen molar-refractivity contribution in [2.45, 2.75) is 50.3 Å². The Morgan fingerprint density at radius 3 is 2.92 bits per heavy atom. The number of aliphatic hydroxyl groups is 1. The van der Waals surface area contributed by atoms with Gasteiger partial charge in [-0.05, 0) is 55.4 Å². The van der Waals surface area contributed by atoms with Crippen LogP contribution in [0.1, 0.15) is 40.7 Å².